The lowest BCUT2D eigenvalue weighted by Gasteiger charge is -2.29. The lowest BCUT2D eigenvalue weighted by molar-refractivity contribution is -0.385. The summed E-state index contributed by atoms with van der Waals surface area (Å²) in [6.45, 7) is 7.29. The molecule has 1 N–H and O–H groups in total. The van der Waals surface area contributed by atoms with Gasteiger partial charge in [0.05, 0.1) is 11.5 Å². The van der Waals surface area contributed by atoms with Gasteiger partial charge in [-0.1, -0.05) is 32.9 Å². The molecule has 6 heteroatoms. The van der Waals surface area contributed by atoms with E-state index in [4.69, 9.17) is 0 Å². The Balaban J connectivity index is 2.23. The van der Waals surface area contributed by atoms with Crippen LogP contribution < -0.4 is 5.32 Å². The number of carbonyl (C=O) groups excluding carboxylic acids is 1. The van der Waals surface area contributed by atoms with Crippen LogP contribution in [0.5, 0.6) is 0 Å². The van der Waals surface area contributed by atoms with E-state index in [0.29, 0.717) is 18.4 Å². The average Bonchev–Trinajstić information content (AvgIpc) is 2.80. The molecule has 0 aliphatic carbocycles. The molecule has 0 bridgehead atoms. The van der Waals surface area contributed by atoms with E-state index in [-0.39, 0.29) is 24.3 Å². The van der Waals surface area contributed by atoms with Crippen LogP contribution in [0, 0.1) is 22.0 Å². The molecule has 1 fully saturated rings. The second-order valence-corrected chi connectivity index (χ2v) is 5.90. The zero-order valence-corrected chi connectivity index (χ0v) is 12.6. The molecule has 2 unspecified atom stereocenters. The molecule has 1 saturated heterocycles. The fourth-order valence-electron chi connectivity index (χ4n) is 2.37. The molecule has 1 aliphatic heterocycles. The summed E-state index contributed by atoms with van der Waals surface area (Å²) in [4.78, 5) is 24.3. The highest BCUT2D eigenvalue weighted by Crippen LogP contribution is 2.27. The molecule has 1 heterocycles. The van der Waals surface area contributed by atoms with Crippen LogP contribution in [0.3, 0.4) is 0 Å². The van der Waals surface area contributed by atoms with Crippen molar-refractivity contribution in [2.75, 3.05) is 13.1 Å². The predicted octanol–water partition coefficient (Wildman–Crippen LogP) is 2.32. The van der Waals surface area contributed by atoms with Crippen LogP contribution in [0.25, 0.3) is 0 Å². The largest absolute Gasteiger partial charge is 0.322 e. The minimum atomic E-state index is -0.415. The van der Waals surface area contributed by atoms with Crippen molar-refractivity contribution in [2.45, 2.75) is 26.9 Å². The molecule has 21 heavy (non-hydrogen) atoms. The van der Waals surface area contributed by atoms with Crippen LogP contribution in [0.2, 0.25) is 0 Å². The molecule has 6 nitrogen and oxygen atoms in total. The van der Waals surface area contributed by atoms with Crippen molar-refractivity contribution < 1.29 is 9.72 Å². The fraction of sp³-hybridized carbons (Fsp3) is 0.533. The monoisotopic (exact) mass is 291 g/mol. The van der Waals surface area contributed by atoms with Gasteiger partial charge in [0.15, 0.2) is 0 Å². The highest BCUT2D eigenvalue weighted by atomic mass is 16.6. The Hall–Kier alpha value is -1.95. The van der Waals surface area contributed by atoms with Gasteiger partial charge in [-0.25, -0.2) is 0 Å². The van der Waals surface area contributed by atoms with E-state index in [9.17, 15) is 14.9 Å². The van der Waals surface area contributed by atoms with Gasteiger partial charge in [-0.15, -0.1) is 0 Å². The van der Waals surface area contributed by atoms with Gasteiger partial charge in [-0.3, -0.25) is 20.2 Å². The Morgan fingerprint density at radius 1 is 1.43 bits per heavy atom. The van der Waals surface area contributed by atoms with Gasteiger partial charge in [0, 0.05) is 18.7 Å². The molecule has 0 spiro atoms. The summed E-state index contributed by atoms with van der Waals surface area (Å²) in [6, 6.07) is 6.46. The number of nitrogens with one attached hydrogen (secondary N) is 1. The molecule has 2 atom stereocenters. The van der Waals surface area contributed by atoms with Crippen LogP contribution in [0.15, 0.2) is 24.3 Å². The van der Waals surface area contributed by atoms with Crippen LogP contribution >= 0.6 is 0 Å². The summed E-state index contributed by atoms with van der Waals surface area (Å²) in [5.41, 5.74) is 0.802. The lowest BCUT2D eigenvalue weighted by Crippen LogP contribution is -2.35. The molecular weight excluding hydrogens is 270 g/mol. The molecule has 0 saturated carbocycles. The second-order valence-electron chi connectivity index (χ2n) is 5.90. The molecule has 114 valence electrons. The maximum Gasteiger partial charge on any atom is 0.269 e. The SMILES string of the molecule is CC(C)C(C)CN1C(=O)CNC1c1cccc([N+](=O)[O-])c1. The van der Waals surface area contributed by atoms with Crippen molar-refractivity contribution in [1.82, 2.24) is 10.2 Å². The summed E-state index contributed by atoms with van der Waals surface area (Å²) in [7, 11) is 0. The summed E-state index contributed by atoms with van der Waals surface area (Å²) in [5.74, 6) is 0.887. The van der Waals surface area contributed by atoms with E-state index in [1.54, 1.807) is 11.0 Å². The molecule has 0 aromatic heterocycles. The predicted molar refractivity (Wildman–Crippen MR) is 79.6 cm³/mol. The number of carbonyl (C=O) groups is 1. The van der Waals surface area contributed by atoms with Gasteiger partial charge in [0.1, 0.15) is 6.17 Å². The van der Waals surface area contributed by atoms with E-state index < -0.39 is 4.92 Å². The van der Waals surface area contributed by atoms with Gasteiger partial charge < -0.3 is 4.90 Å². The molecule has 1 aromatic carbocycles. The van der Waals surface area contributed by atoms with Gasteiger partial charge in [-0.2, -0.15) is 0 Å². The van der Waals surface area contributed by atoms with E-state index in [1.807, 2.05) is 6.07 Å². The maximum absolute atomic E-state index is 12.1. The summed E-state index contributed by atoms with van der Waals surface area (Å²) in [5, 5.41) is 14.0. The summed E-state index contributed by atoms with van der Waals surface area (Å²) in [6.07, 6.45) is -0.279. The average molecular weight is 291 g/mol. The quantitative estimate of drug-likeness (QED) is 0.667. The third-order valence-corrected chi connectivity index (χ3v) is 4.10. The first-order chi connectivity index (χ1) is 9.90. The number of benzene rings is 1. The van der Waals surface area contributed by atoms with Crippen molar-refractivity contribution in [3.05, 3.63) is 39.9 Å². The smallest absolute Gasteiger partial charge is 0.269 e. The lowest BCUT2D eigenvalue weighted by atomic mass is 9.97. The minimum absolute atomic E-state index is 0.0407. The van der Waals surface area contributed by atoms with Crippen LogP contribution in [0.4, 0.5) is 5.69 Å². The first-order valence-corrected chi connectivity index (χ1v) is 7.17. The topological polar surface area (TPSA) is 75.5 Å². The van der Waals surface area contributed by atoms with E-state index in [2.05, 4.69) is 26.1 Å². The van der Waals surface area contributed by atoms with Crippen molar-refractivity contribution in [3.63, 3.8) is 0 Å². The van der Waals surface area contributed by atoms with Crippen LogP contribution in [-0.4, -0.2) is 28.8 Å². The first kappa shape index (κ1) is 15.4. The van der Waals surface area contributed by atoms with E-state index >= 15 is 0 Å². The number of rotatable bonds is 5. The number of non-ortho nitro benzene ring substituents is 1. The number of amides is 1. The first-order valence-electron chi connectivity index (χ1n) is 7.17. The Labute approximate surface area is 124 Å². The molecule has 0 radical (unpaired) electrons. The number of nitrogens with zero attached hydrogens (tertiary/aromatic N) is 2. The van der Waals surface area contributed by atoms with Crippen LogP contribution in [-0.2, 0) is 4.79 Å². The highest BCUT2D eigenvalue weighted by molar-refractivity contribution is 5.81. The normalized spacial score (nSPS) is 20.1. The Morgan fingerprint density at radius 3 is 2.76 bits per heavy atom. The highest BCUT2D eigenvalue weighted by Gasteiger charge is 2.33. The van der Waals surface area contributed by atoms with Gasteiger partial charge in [0.2, 0.25) is 5.91 Å². The van der Waals surface area contributed by atoms with Gasteiger partial charge in [0.25, 0.3) is 5.69 Å². The Bertz CT molecular complexity index is 545. The summed E-state index contributed by atoms with van der Waals surface area (Å²) < 4.78 is 0. The molecule has 1 aliphatic rings. The number of nitro benzene ring substituents is 1. The van der Waals surface area contributed by atoms with Gasteiger partial charge >= 0.3 is 0 Å². The maximum atomic E-state index is 12.1. The van der Waals surface area contributed by atoms with E-state index in [1.165, 1.54) is 12.1 Å². The number of hydrogen-bond acceptors (Lipinski definition) is 4. The Morgan fingerprint density at radius 2 is 2.14 bits per heavy atom. The number of hydrogen-bond donors (Lipinski definition) is 1. The molecular formula is C15H21N3O3. The molecule has 1 amide bonds. The van der Waals surface area contributed by atoms with E-state index in [0.717, 1.165) is 5.56 Å². The molecule has 1 aromatic rings. The zero-order chi connectivity index (χ0) is 15.6. The standard InChI is InChI=1S/C15H21N3O3/c1-10(2)11(3)9-17-14(19)8-16-15(17)12-5-4-6-13(7-12)18(20)21/h4-7,10-11,15-16H,8-9H2,1-3H3. The third kappa shape index (κ3) is 3.39. The van der Waals surface area contributed by atoms with Crippen molar-refractivity contribution >= 4 is 11.6 Å². The Kier molecular flexibility index (Phi) is 4.57. The molecule has 2 rings (SSSR count). The fourth-order valence-corrected chi connectivity index (χ4v) is 2.37. The van der Waals surface area contributed by atoms with Crippen LogP contribution in [0.1, 0.15) is 32.5 Å². The third-order valence-electron chi connectivity index (χ3n) is 4.10. The summed E-state index contributed by atoms with van der Waals surface area (Å²) >= 11 is 0. The van der Waals surface area contributed by atoms with Crippen molar-refractivity contribution in [3.8, 4) is 0 Å². The zero-order valence-electron chi connectivity index (χ0n) is 12.6. The van der Waals surface area contributed by atoms with Gasteiger partial charge in [-0.05, 0) is 17.4 Å². The van der Waals surface area contributed by atoms with Crippen molar-refractivity contribution in [1.29, 1.82) is 0 Å². The second kappa shape index (κ2) is 6.22. The minimum Gasteiger partial charge on any atom is -0.322 e. The number of nitro groups is 1. The van der Waals surface area contributed by atoms with Crippen molar-refractivity contribution in [2.24, 2.45) is 11.8 Å².